The van der Waals surface area contributed by atoms with Crippen LogP contribution in [0.2, 0.25) is 0 Å². The summed E-state index contributed by atoms with van der Waals surface area (Å²) in [5.74, 6) is 0.358. The second-order valence-electron chi connectivity index (χ2n) is 6.73. The molecular formula is C18H21N7O6. The first-order valence-electron chi connectivity index (χ1n) is 9.22. The van der Waals surface area contributed by atoms with Crippen molar-refractivity contribution in [1.82, 2.24) is 19.5 Å². The van der Waals surface area contributed by atoms with Gasteiger partial charge >= 0.3 is 0 Å². The molecule has 164 valence electrons. The molecule has 1 aromatic carbocycles. The Bertz CT molecular complexity index is 1120. The lowest BCUT2D eigenvalue weighted by Crippen LogP contribution is -2.33. The number of aromatic hydroxyl groups is 1. The second-order valence-corrected chi connectivity index (χ2v) is 6.73. The van der Waals surface area contributed by atoms with Gasteiger partial charge in [0.05, 0.1) is 19.9 Å². The summed E-state index contributed by atoms with van der Waals surface area (Å²) in [6.45, 7) is -0.492. The molecule has 1 aliphatic rings. The SMILES string of the molecule is COc1cccc(/C=N\Nc2nc3c(N)ncnc3n2[C@@H]2O[C@H](CO)[C@@H](O)[C@H]2O)c1O. The number of phenols is 1. The Morgan fingerprint density at radius 1 is 1.32 bits per heavy atom. The summed E-state index contributed by atoms with van der Waals surface area (Å²) in [7, 11) is 1.43. The monoisotopic (exact) mass is 431 g/mol. The number of nitrogen functional groups attached to an aromatic ring is 1. The molecule has 7 N–H and O–H groups in total. The molecule has 1 aliphatic heterocycles. The normalized spacial score (nSPS) is 23.6. The van der Waals surface area contributed by atoms with Crippen molar-refractivity contribution in [2.24, 2.45) is 5.10 Å². The predicted octanol–water partition coefficient (Wildman–Crippen LogP) is -0.820. The molecule has 0 saturated carbocycles. The van der Waals surface area contributed by atoms with Crippen LogP contribution in [0.15, 0.2) is 29.6 Å². The Morgan fingerprint density at radius 2 is 2.13 bits per heavy atom. The molecule has 4 rings (SSSR count). The number of para-hydroxylation sites is 1. The first-order valence-corrected chi connectivity index (χ1v) is 9.22. The number of rotatable bonds is 6. The third-order valence-corrected chi connectivity index (χ3v) is 4.90. The molecule has 0 spiro atoms. The zero-order chi connectivity index (χ0) is 22.1. The number of aliphatic hydroxyl groups is 3. The van der Waals surface area contributed by atoms with E-state index in [9.17, 15) is 20.4 Å². The van der Waals surface area contributed by atoms with Crippen molar-refractivity contribution in [3.63, 3.8) is 0 Å². The number of nitrogens with zero attached hydrogens (tertiary/aromatic N) is 5. The van der Waals surface area contributed by atoms with Gasteiger partial charge in [0, 0.05) is 5.56 Å². The van der Waals surface area contributed by atoms with Crippen LogP contribution in [0.1, 0.15) is 11.8 Å². The van der Waals surface area contributed by atoms with Crippen LogP contribution in [0, 0.1) is 0 Å². The maximum atomic E-state index is 10.5. The molecule has 0 bridgehead atoms. The Balaban J connectivity index is 1.71. The largest absolute Gasteiger partial charge is 0.504 e. The number of hydrazone groups is 1. The van der Waals surface area contributed by atoms with Gasteiger partial charge in [0.1, 0.15) is 24.6 Å². The number of imidazole rings is 1. The van der Waals surface area contributed by atoms with Crippen molar-refractivity contribution in [3.8, 4) is 11.5 Å². The zero-order valence-electron chi connectivity index (χ0n) is 16.3. The summed E-state index contributed by atoms with van der Waals surface area (Å²) in [5, 5.41) is 44.2. The number of fused-ring (bicyclic) bond motifs is 1. The van der Waals surface area contributed by atoms with Crippen molar-refractivity contribution in [3.05, 3.63) is 30.1 Å². The molecular weight excluding hydrogens is 410 g/mol. The van der Waals surface area contributed by atoms with Crippen molar-refractivity contribution < 1.29 is 29.9 Å². The van der Waals surface area contributed by atoms with E-state index < -0.39 is 31.1 Å². The van der Waals surface area contributed by atoms with Crippen LogP contribution in [0.3, 0.4) is 0 Å². The minimum Gasteiger partial charge on any atom is -0.504 e. The lowest BCUT2D eigenvalue weighted by molar-refractivity contribution is -0.0501. The highest BCUT2D eigenvalue weighted by molar-refractivity contribution is 5.86. The second kappa shape index (κ2) is 8.31. The van der Waals surface area contributed by atoms with Gasteiger partial charge in [0.15, 0.2) is 34.7 Å². The molecule has 2 aromatic heterocycles. The average molecular weight is 431 g/mol. The van der Waals surface area contributed by atoms with Gasteiger partial charge in [0.2, 0.25) is 5.95 Å². The van der Waals surface area contributed by atoms with E-state index in [0.29, 0.717) is 5.56 Å². The lowest BCUT2D eigenvalue weighted by atomic mass is 10.1. The van der Waals surface area contributed by atoms with Gasteiger partial charge in [0.25, 0.3) is 0 Å². The number of hydrogen-bond donors (Lipinski definition) is 6. The van der Waals surface area contributed by atoms with Crippen LogP contribution in [0.25, 0.3) is 11.2 Å². The van der Waals surface area contributed by atoms with Gasteiger partial charge in [-0.2, -0.15) is 5.10 Å². The molecule has 13 heteroatoms. The maximum absolute atomic E-state index is 10.5. The smallest absolute Gasteiger partial charge is 0.228 e. The predicted molar refractivity (Wildman–Crippen MR) is 109 cm³/mol. The molecule has 0 amide bonds. The quantitative estimate of drug-likeness (QED) is 0.211. The molecule has 31 heavy (non-hydrogen) atoms. The molecule has 13 nitrogen and oxygen atoms in total. The van der Waals surface area contributed by atoms with Crippen LogP contribution in [-0.4, -0.2) is 78.2 Å². The van der Waals surface area contributed by atoms with Gasteiger partial charge < -0.3 is 35.6 Å². The number of anilines is 2. The summed E-state index contributed by atoms with van der Waals surface area (Å²) >= 11 is 0. The first kappa shape index (κ1) is 20.7. The number of phenolic OH excluding ortho intramolecular Hbond substituents is 1. The summed E-state index contributed by atoms with van der Waals surface area (Å²) in [6, 6.07) is 4.91. The van der Waals surface area contributed by atoms with Crippen LogP contribution in [0.5, 0.6) is 11.5 Å². The van der Waals surface area contributed by atoms with Gasteiger partial charge in [-0.1, -0.05) is 6.07 Å². The van der Waals surface area contributed by atoms with E-state index in [0.717, 1.165) is 0 Å². The Hall–Kier alpha value is -3.52. The summed E-state index contributed by atoms with van der Waals surface area (Å²) in [5.41, 5.74) is 9.42. The third kappa shape index (κ3) is 3.59. The van der Waals surface area contributed by atoms with Crippen LogP contribution in [-0.2, 0) is 4.74 Å². The summed E-state index contributed by atoms with van der Waals surface area (Å²) < 4.78 is 12.0. The fourth-order valence-electron chi connectivity index (χ4n) is 3.31. The van der Waals surface area contributed by atoms with E-state index in [1.807, 2.05) is 0 Å². The molecule has 1 saturated heterocycles. The summed E-state index contributed by atoms with van der Waals surface area (Å²) in [4.78, 5) is 12.4. The molecule has 0 aliphatic carbocycles. The van der Waals surface area contributed by atoms with Crippen LogP contribution < -0.4 is 15.9 Å². The molecule has 0 radical (unpaired) electrons. The number of benzene rings is 1. The molecule has 4 atom stereocenters. The Labute approximate surface area is 175 Å². The van der Waals surface area contributed by atoms with Crippen molar-refractivity contribution >= 4 is 29.1 Å². The van der Waals surface area contributed by atoms with Gasteiger partial charge in [-0.25, -0.2) is 20.4 Å². The van der Waals surface area contributed by atoms with E-state index in [1.165, 1.54) is 24.2 Å². The fraction of sp³-hybridized carbons (Fsp3) is 0.333. The third-order valence-electron chi connectivity index (χ3n) is 4.90. The van der Waals surface area contributed by atoms with Crippen molar-refractivity contribution in [2.45, 2.75) is 24.5 Å². The number of hydrogen-bond acceptors (Lipinski definition) is 12. The van der Waals surface area contributed by atoms with E-state index in [2.05, 4.69) is 25.5 Å². The van der Waals surface area contributed by atoms with Gasteiger partial charge in [-0.05, 0) is 12.1 Å². The Morgan fingerprint density at radius 3 is 2.84 bits per heavy atom. The molecule has 1 fully saturated rings. The topological polar surface area (TPSA) is 193 Å². The highest BCUT2D eigenvalue weighted by Crippen LogP contribution is 2.35. The number of ether oxygens (including phenoxy) is 2. The van der Waals surface area contributed by atoms with Gasteiger partial charge in [-0.3, -0.25) is 4.57 Å². The number of methoxy groups -OCH3 is 1. The minimum absolute atomic E-state index is 0.0793. The lowest BCUT2D eigenvalue weighted by Gasteiger charge is -2.18. The van der Waals surface area contributed by atoms with E-state index in [4.69, 9.17) is 15.2 Å². The first-order chi connectivity index (χ1) is 15.0. The average Bonchev–Trinajstić information content (AvgIpc) is 3.27. The maximum Gasteiger partial charge on any atom is 0.228 e. The number of aromatic nitrogens is 4. The van der Waals surface area contributed by atoms with E-state index in [1.54, 1.807) is 18.2 Å². The van der Waals surface area contributed by atoms with E-state index in [-0.39, 0.29) is 34.4 Å². The van der Waals surface area contributed by atoms with Crippen molar-refractivity contribution in [2.75, 3.05) is 24.9 Å². The zero-order valence-corrected chi connectivity index (χ0v) is 16.3. The highest BCUT2D eigenvalue weighted by Gasteiger charge is 2.45. The Kier molecular flexibility index (Phi) is 5.56. The standard InChI is InChI=1S/C18H21N7O6/c1-30-9-4-2-3-8(12(9)27)5-22-24-18-23-11-15(19)20-7-21-16(11)25(18)17-14(29)13(28)10(6-26)31-17/h2-5,7,10,13-14,17,26-29H,6H2,1H3,(H,23,24)(H2,19,20,21)/b22-5-/t10-,13-,14-,17-/m1/s1. The molecule has 3 heterocycles. The van der Waals surface area contributed by atoms with E-state index >= 15 is 0 Å². The number of aliphatic hydroxyl groups excluding tert-OH is 3. The number of nitrogens with one attached hydrogen (secondary N) is 1. The number of nitrogens with two attached hydrogens (primary N) is 1. The summed E-state index contributed by atoms with van der Waals surface area (Å²) in [6.07, 6.45) is -2.27. The van der Waals surface area contributed by atoms with Crippen LogP contribution >= 0.6 is 0 Å². The van der Waals surface area contributed by atoms with Crippen molar-refractivity contribution in [1.29, 1.82) is 0 Å². The highest BCUT2D eigenvalue weighted by atomic mass is 16.6. The molecule has 0 unspecified atom stereocenters. The van der Waals surface area contributed by atoms with Crippen LogP contribution in [0.4, 0.5) is 11.8 Å². The van der Waals surface area contributed by atoms with Gasteiger partial charge in [-0.15, -0.1) is 0 Å². The minimum atomic E-state index is -1.38. The molecule has 3 aromatic rings. The fourth-order valence-corrected chi connectivity index (χ4v) is 3.31.